The third kappa shape index (κ3) is 3.86. The van der Waals surface area contributed by atoms with Gasteiger partial charge in [-0.3, -0.25) is 19.7 Å². The molecule has 0 aliphatic carbocycles. The molecule has 0 bridgehead atoms. The Labute approximate surface area is 120 Å². The Kier molecular flexibility index (Phi) is 4.41. The van der Waals surface area contributed by atoms with Gasteiger partial charge in [0.2, 0.25) is 5.91 Å². The molecule has 2 aromatic rings. The second-order valence-corrected chi connectivity index (χ2v) is 4.78. The van der Waals surface area contributed by atoms with E-state index in [0.717, 1.165) is 11.3 Å². The van der Waals surface area contributed by atoms with Crippen molar-refractivity contribution in [2.24, 2.45) is 0 Å². The zero-order valence-corrected chi connectivity index (χ0v) is 11.7. The summed E-state index contributed by atoms with van der Waals surface area (Å²) >= 11 is 4.74. The van der Waals surface area contributed by atoms with Crippen LogP contribution in [0.4, 0.5) is 5.69 Å². The normalized spacial score (nSPS) is 10.2. The van der Waals surface area contributed by atoms with E-state index in [9.17, 15) is 9.59 Å². The van der Waals surface area contributed by atoms with Crippen molar-refractivity contribution >= 4 is 23.8 Å². The topological polar surface area (TPSA) is 90.6 Å². The van der Waals surface area contributed by atoms with Crippen molar-refractivity contribution in [1.29, 1.82) is 0 Å². The molecule has 0 fully saturated rings. The van der Waals surface area contributed by atoms with Gasteiger partial charge in [0.05, 0.1) is 0 Å². The minimum atomic E-state index is -0.364. The number of hydrogen-bond acceptors (Lipinski definition) is 4. The van der Waals surface area contributed by atoms with Gasteiger partial charge in [-0.15, -0.1) is 0 Å². The van der Waals surface area contributed by atoms with Gasteiger partial charge in [-0.2, -0.15) is 5.10 Å². The molecule has 1 amide bonds. The number of aryl methyl sites for hydroxylation is 2. The van der Waals surface area contributed by atoms with Crippen molar-refractivity contribution in [3.63, 3.8) is 0 Å². The second-order valence-electron chi connectivity index (χ2n) is 4.37. The van der Waals surface area contributed by atoms with Crippen LogP contribution in [0.3, 0.4) is 0 Å². The number of rotatable bonds is 4. The predicted octanol–water partition coefficient (Wildman–Crippen LogP) is 1.71. The highest BCUT2D eigenvalue weighted by molar-refractivity contribution is 7.71. The van der Waals surface area contributed by atoms with Gasteiger partial charge in [0.15, 0.2) is 4.77 Å². The van der Waals surface area contributed by atoms with Gasteiger partial charge in [-0.25, -0.2) is 0 Å². The standard InChI is InChI=1S/C13H14N4O2S/c1-8-2-4-9(5-3-8)14-11(18)7-6-10-12(19)15-13(20)17-16-10/h2-5H,6-7H2,1H3,(H,14,18)(H2,15,17,19,20). The highest BCUT2D eigenvalue weighted by Gasteiger charge is 2.07. The number of nitrogens with one attached hydrogen (secondary N) is 3. The summed E-state index contributed by atoms with van der Waals surface area (Å²) in [7, 11) is 0. The third-order valence-corrected chi connectivity index (χ3v) is 2.90. The lowest BCUT2D eigenvalue weighted by molar-refractivity contribution is -0.116. The number of aromatic amines is 2. The summed E-state index contributed by atoms with van der Waals surface area (Å²) in [5, 5.41) is 9.07. The van der Waals surface area contributed by atoms with E-state index in [4.69, 9.17) is 12.2 Å². The molecule has 7 heteroatoms. The monoisotopic (exact) mass is 290 g/mol. The van der Waals surface area contributed by atoms with Crippen LogP contribution in [0.25, 0.3) is 0 Å². The van der Waals surface area contributed by atoms with Crippen LogP contribution in [0.15, 0.2) is 29.1 Å². The fourth-order valence-corrected chi connectivity index (χ4v) is 1.77. The smallest absolute Gasteiger partial charge is 0.273 e. The summed E-state index contributed by atoms with van der Waals surface area (Å²) in [6.45, 7) is 1.98. The molecule has 1 aromatic heterocycles. The van der Waals surface area contributed by atoms with Crippen LogP contribution in [-0.4, -0.2) is 21.1 Å². The van der Waals surface area contributed by atoms with E-state index in [1.54, 1.807) is 0 Å². The summed E-state index contributed by atoms with van der Waals surface area (Å²) in [4.78, 5) is 25.7. The van der Waals surface area contributed by atoms with Crippen LogP contribution in [-0.2, 0) is 11.2 Å². The van der Waals surface area contributed by atoms with E-state index in [1.165, 1.54) is 0 Å². The third-order valence-electron chi connectivity index (χ3n) is 2.71. The lowest BCUT2D eigenvalue weighted by Crippen LogP contribution is -2.19. The van der Waals surface area contributed by atoms with Crippen molar-refractivity contribution in [3.8, 4) is 0 Å². The maximum Gasteiger partial charge on any atom is 0.273 e. The van der Waals surface area contributed by atoms with E-state index in [2.05, 4.69) is 20.5 Å². The van der Waals surface area contributed by atoms with Crippen molar-refractivity contribution in [2.75, 3.05) is 5.32 Å². The number of nitrogens with zero attached hydrogens (tertiary/aromatic N) is 1. The number of amides is 1. The van der Waals surface area contributed by atoms with Crippen LogP contribution >= 0.6 is 12.2 Å². The summed E-state index contributed by atoms with van der Waals surface area (Å²) in [5.41, 5.74) is 1.75. The molecule has 3 N–H and O–H groups in total. The summed E-state index contributed by atoms with van der Waals surface area (Å²) in [5.74, 6) is -0.169. The Morgan fingerprint density at radius 1 is 1.35 bits per heavy atom. The molecule has 2 rings (SSSR count). The summed E-state index contributed by atoms with van der Waals surface area (Å²) in [6, 6.07) is 7.49. The lowest BCUT2D eigenvalue weighted by Gasteiger charge is -2.05. The van der Waals surface area contributed by atoms with Gasteiger partial charge >= 0.3 is 0 Å². The fraction of sp³-hybridized carbons (Fsp3) is 0.231. The number of benzene rings is 1. The molecule has 0 saturated carbocycles. The van der Waals surface area contributed by atoms with Crippen molar-refractivity contribution in [3.05, 3.63) is 50.6 Å². The number of carbonyl (C=O) groups excluding carboxylic acids is 1. The molecule has 0 radical (unpaired) electrons. The van der Waals surface area contributed by atoms with Gasteiger partial charge < -0.3 is 5.32 Å². The minimum Gasteiger partial charge on any atom is -0.326 e. The first-order chi connectivity index (χ1) is 9.54. The molecule has 0 aliphatic rings. The van der Waals surface area contributed by atoms with Crippen molar-refractivity contribution < 1.29 is 4.79 Å². The molecule has 1 heterocycles. The Balaban J connectivity index is 1.93. The van der Waals surface area contributed by atoms with Gasteiger partial charge in [0.1, 0.15) is 5.69 Å². The minimum absolute atomic E-state index is 0.169. The zero-order chi connectivity index (χ0) is 14.5. The van der Waals surface area contributed by atoms with Crippen LogP contribution in [0.5, 0.6) is 0 Å². The molecule has 104 valence electrons. The molecule has 1 aromatic carbocycles. The molecule has 20 heavy (non-hydrogen) atoms. The average molecular weight is 290 g/mol. The molecule has 6 nitrogen and oxygen atoms in total. The number of aromatic nitrogens is 3. The van der Waals surface area contributed by atoms with Crippen LogP contribution in [0, 0.1) is 11.7 Å². The molecule has 0 saturated heterocycles. The number of anilines is 1. The first kappa shape index (κ1) is 14.1. The van der Waals surface area contributed by atoms with E-state index in [1.807, 2.05) is 31.2 Å². The van der Waals surface area contributed by atoms with Crippen LogP contribution in [0.1, 0.15) is 17.7 Å². The number of hydrogen-bond donors (Lipinski definition) is 3. The summed E-state index contributed by atoms with van der Waals surface area (Å²) < 4.78 is 0.169. The molecule has 0 unspecified atom stereocenters. The molecule has 0 aliphatic heterocycles. The molecular formula is C13H14N4O2S. The van der Waals surface area contributed by atoms with Crippen molar-refractivity contribution in [1.82, 2.24) is 15.2 Å². The fourth-order valence-electron chi connectivity index (χ4n) is 1.63. The SMILES string of the molecule is Cc1ccc(NC(=O)CCc2n[nH]c(=S)[nH]c2=O)cc1. The maximum absolute atomic E-state index is 11.8. The highest BCUT2D eigenvalue weighted by atomic mass is 32.1. The Bertz CT molecular complexity index is 718. The predicted molar refractivity (Wildman–Crippen MR) is 78.2 cm³/mol. The van der Waals surface area contributed by atoms with E-state index in [0.29, 0.717) is 0 Å². The number of carbonyl (C=O) groups is 1. The van der Waals surface area contributed by atoms with E-state index >= 15 is 0 Å². The lowest BCUT2D eigenvalue weighted by atomic mass is 10.2. The van der Waals surface area contributed by atoms with Gasteiger partial charge in [-0.05, 0) is 31.3 Å². The molecule has 0 spiro atoms. The first-order valence-corrected chi connectivity index (χ1v) is 6.50. The molecular weight excluding hydrogens is 276 g/mol. The quantitative estimate of drug-likeness (QED) is 0.748. The summed E-state index contributed by atoms with van der Waals surface area (Å²) in [6.07, 6.45) is 0.424. The zero-order valence-electron chi connectivity index (χ0n) is 10.9. The van der Waals surface area contributed by atoms with Gasteiger partial charge in [0, 0.05) is 18.5 Å². The number of H-pyrrole nitrogens is 2. The van der Waals surface area contributed by atoms with Crippen LogP contribution in [0.2, 0.25) is 0 Å². The second kappa shape index (κ2) is 6.25. The van der Waals surface area contributed by atoms with Crippen molar-refractivity contribution in [2.45, 2.75) is 19.8 Å². The average Bonchev–Trinajstić information content (AvgIpc) is 2.40. The largest absolute Gasteiger partial charge is 0.326 e. The van der Waals surface area contributed by atoms with Gasteiger partial charge in [-0.1, -0.05) is 17.7 Å². The Morgan fingerprint density at radius 3 is 2.70 bits per heavy atom. The van der Waals surface area contributed by atoms with Crippen LogP contribution < -0.4 is 10.9 Å². The molecule has 0 atom stereocenters. The maximum atomic E-state index is 11.8. The Hall–Kier alpha value is -2.28. The Morgan fingerprint density at radius 2 is 2.05 bits per heavy atom. The van der Waals surface area contributed by atoms with Gasteiger partial charge in [0.25, 0.3) is 5.56 Å². The van der Waals surface area contributed by atoms with E-state index in [-0.39, 0.29) is 34.8 Å². The highest BCUT2D eigenvalue weighted by Crippen LogP contribution is 2.09. The first-order valence-electron chi connectivity index (χ1n) is 6.09. The van der Waals surface area contributed by atoms with E-state index < -0.39 is 0 Å².